The number of likely N-dealkylation sites (tertiary alicyclic amines) is 1. The van der Waals surface area contributed by atoms with Crippen molar-refractivity contribution in [3.05, 3.63) is 33.8 Å². The molecule has 4 nitrogen and oxygen atoms in total. The Balaban J connectivity index is 1.70. The van der Waals surface area contributed by atoms with Crippen molar-refractivity contribution in [2.75, 3.05) is 32.7 Å². The van der Waals surface area contributed by atoms with E-state index in [1.165, 1.54) is 0 Å². The van der Waals surface area contributed by atoms with Gasteiger partial charge in [-0.1, -0.05) is 29.3 Å². The predicted octanol–water partition coefficient (Wildman–Crippen LogP) is 2.95. The maximum Gasteiger partial charge on any atom is 0.237 e. The van der Waals surface area contributed by atoms with Crippen LogP contribution in [0.5, 0.6) is 0 Å². The molecule has 2 aliphatic rings. The summed E-state index contributed by atoms with van der Waals surface area (Å²) >= 11 is 12.1. The third kappa shape index (κ3) is 3.82. The van der Waals surface area contributed by atoms with Gasteiger partial charge in [0, 0.05) is 32.2 Å². The van der Waals surface area contributed by atoms with Crippen molar-refractivity contribution in [3.63, 3.8) is 0 Å². The zero-order valence-corrected chi connectivity index (χ0v) is 14.9. The third-order valence-electron chi connectivity index (χ3n) is 4.88. The molecule has 6 heteroatoms. The third-order valence-corrected chi connectivity index (χ3v) is 5.62. The first kappa shape index (κ1) is 17.0. The first-order valence-electron chi connectivity index (χ1n) is 8.25. The van der Waals surface area contributed by atoms with Gasteiger partial charge in [0.05, 0.1) is 22.6 Å². The van der Waals surface area contributed by atoms with E-state index in [9.17, 15) is 4.79 Å². The largest absolute Gasteiger partial charge is 0.335 e. The van der Waals surface area contributed by atoms with E-state index >= 15 is 0 Å². The molecule has 0 saturated carbocycles. The van der Waals surface area contributed by atoms with Gasteiger partial charge in [0.2, 0.25) is 5.91 Å². The van der Waals surface area contributed by atoms with Crippen LogP contribution in [-0.4, -0.2) is 54.5 Å². The molecule has 0 spiro atoms. The summed E-state index contributed by atoms with van der Waals surface area (Å²) in [6, 6.07) is 6.22. The van der Waals surface area contributed by atoms with Crippen molar-refractivity contribution in [1.29, 1.82) is 0 Å². The van der Waals surface area contributed by atoms with Gasteiger partial charge in [0.1, 0.15) is 0 Å². The molecule has 2 fully saturated rings. The fourth-order valence-corrected chi connectivity index (χ4v) is 3.82. The van der Waals surface area contributed by atoms with E-state index in [4.69, 9.17) is 23.2 Å². The molecule has 2 atom stereocenters. The molecule has 1 aromatic rings. The molecule has 2 heterocycles. The molecular weight excluding hydrogens is 333 g/mol. The zero-order chi connectivity index (χ0) is 16.4. The minimum Gasteiger partial charge on any atom is -0.335 e. The Bertz CT molecular complexity index is 581. The predicted molar refractivity (Wildman–Crippen MR) is 94.1 cm³/mol. The number of benzene rings is 1. The summed E-state index contributed by atoms with van der Waals surface area (Å²) in [5.41, 5.74) is 1.08. The van der Waals surface area contributed by atoms with Crippen LogP contribution in [0.4, 0.5) is 0 Å². The molecular formula is C17H23Cl2N3O. The number of rotatable bonds is 3. The average molecular weight is 356 g/mol. The standard InChI is InChI=1S/C17H23Cl2N3O/c1-12-10-20-6-8-21(12)11-17(23)22-7-2-3-16(22)13-4-5-14(18)15(19)9-13/h4-5,9,12,16,20H,2-3,6-8,10-11H2,1H3/t12-,16?/m1/s1. The molecule has 3 rings (SSSR count). The Hall–Kier alpha value is -0.810. The lowest BCUT2D eigenvalue weighted by Crippen LogP contribution is -2.53. The molecule has 1 N–H and O–H groups in total. The van der Waals surface area contributed by atoms with Gasteiger partial charge in [-0.05, 0) is 37.5 Å². The lowest BCUT2D eigenvalue weighted by molar-refractivity contribution is -0.134. The SMILES string of the molecule is C[C@@H]1CNCCN1CC(=O)N1CCCC1c1ccc(Cl)c(Cl)c1. The molecule has 0 radical (unpaired) electrons. The van der Waals surface area contributed by atoms with Gasteiger partial charge in [-0.25, -0.2) is 0 Å². The van der Waals surface area contributed by atoms with Crippen LogP contribution in [0.3, 0.4) is 0 Å². The molecule has 2 saturated heterocycles. The number of hydrogen-bond donors (Lipinski definition) is 1. The Kier molecular flexibility index (Phi) is 5.47. The highest BCUT2D eigenvalue weighted by molar-refractivity contribution is 6.42. The van der Waals surface area contributed by atoms with Crippen LogP contribution in [0.15, 0.2) is 18.2 Å². The van der Waals surface area contributed by atoms with Crippen LogP contribution in [0.2, 0.25) is 10.0 Å². The van der Waals surface area contributed by atoms with Gasteiger partial charge in [0.25, 0.3) is 0 Å². The minimum atomic E-state index is 0.121. The normalized spacial score (nSPS) is 25.8. The maximum atomic E-state index is 12.8. The van der Waals surface area contributed by atoms with Crippen molar-refractivity contribution in [2.45, 2.75) is 31.8 Å². The number of piperazine rings is 1. The monoisotopic (exact) mass is 355 g/mol. The number of carbonyl (C=O) groups excluding carboxylic acids is 1. The number of carbonyl (C=O) groups is 1. The first-order chi connectivity index (χ1) is 11.1. The second kappa shape index (κ2) is 7.39. The summed E-state index contributed by atoms with van der Waals surface area (Å²) in [5.74, 6) is 0.215. The van der Waals surface area contributed by atoms with Crippen LogP contribution in [0.1, 0.15) is 31.4 Å². The van der Waals surface area contributed by atoms with E-state index in [1.807, 2.05) is 23.1 Å². The molecule has 1 aromatic carbocycles. The molecule has 0 bridgehead atoms. The quantitative estimate of drug-likeness (QED) is 0.905. The van der Waals surface area contributed by atoms with E-state index in [0.29, 0.717) is 22.6 Å². The number of amides is 1. The smallest absolute Gasteiger partial charge is 0.237 e. The summed E-state index contributed by atoms with van der Waals surface area (Å²) in [6.07, 6.45) is 2.02. The van der Waals surface area contributed by atoms with Gasteiger partial charge in [-0.15, -0.1) is 0 Å². The Morgan fingerprint density at radius 2 is 2.13 bits per heavy atom. The fraction of sp³-hybridized carbons (Fsp3) is 0.588. The number of nitrogens with zero attached hydrogens (tertiary/aromatic N) is 2. The van der Waals surface area contributed by atoms with E-state index < -0.39 is 0 Å². The Labute approximate surface area is 147 Å². The maximum absolute atomic E-state index is 12.8. The van der Waals surface area contributed by atoms with Crippen molar-refractivity contribution < 1.29 is 4.79 Å². The van der Waals surface area contributed by atoms with Gasteiger partial charge >= 0.3 is 0 Å². The topological polar surface area (TPSA) is 35.6 Å². The second-order valence-corrected chi connectivity index (χ2v) is 7.26. The van der Waals surface area contributed by atoms with Crippen molar-refractivity contribution in [1.82, 2.24) is 15.1 Å². The summed E-state index contributed by atoms with van der Waals surface area (Å²) in [7, 11) is 0. The van der Waals surface area contributed by atoms with Crippen molar-refractivity contribution in [3.8, 4) is 0 Å². The van der Waals surface area contributed by atoms with Gasteiger partial charge in [-0.3, -0.25) is 9.69 Å². The first-order valence-corrected chi connectivity index (χ1v) is 9.01. The summed E-state index contributed by atoms with van der Waals surface area (Å²) in [5, 5.41) is 4.47. The zero-order valence-electron chi connectivity index (χ0n) is 13.4. The molecule has 23 heavy (non-hydrogen) atoms. The fourth-order valence-electron chi connectivity index (χ4n) is 3.51. The van der Waals surface area contributed by atoms with Crippen LogP contribution in [0, 0.1) is 0 Å². The Morgan fingerprint density at radius 3 is 2.87 bits per heavy atom. The van der Waals surface area contributed by atoms with Gasteiger partial charge in [-0.2, -0.15) is 0 Å². The molecule has 2 aliphatic heterocycles. The Morgan fingerprint density at radius 1 is 1.30 bits per heavy atom. The van der Waals surface area contributed by atoms with Crippen LogP contribution in [0.25, 0.3) is 0 Å². The van der Waals surface area contributed by atoms with Crippen LogP contribution >= 0.6 is 23.2 Å². The van der Waals surface area contributed by atoms with Crippen LogP contribution in [-0.2, 0) is 4.79 Å². The van der Waals surface area contributed by atoms with E-state index in [0.717, 1.165) is 44.6 Å². The number of halogens is 2. The summed E-state index contributed by atoms with van der Waals surface area (Å²) in [6.45, 7) is 6.32. The average Bonchev–Trinajstić information content (AvgIpc) is 3.02. The molecule has 0 aliphatic carbocycles. The molecule has 0 aromatic heterocycles. The van der Waals surface area contributed by atoms with Crippen molar-refractivity contribution >= 4 is 29.1 Å². The van der Waals surface area contributed by atoms with E-state index in [2.05, 4.69) is 17.1 Å². The highest BCUT2D eigenvalue weighted by atomic mass is 35.5. The number of hydrogen-bond acceptors (Lipinski definition) is 3. The van der Waals surface area contributed by atoms with E-state index in [-0.39, 0.29) is 11.9 Å². The lowest BCUT2D eigenvalue weighted by atomic mass is 10.0. The van der Waals surface area contributed by atoms with Gasteiger partial charge in [0.15, 0.2) is 0 Å². The summed E-state index contributed by atoms with van der Waals surface area (Å²) < 4.78 is 0. The highest BCUT2D eigenvalue weighted by Crippen LogP contribution is 2.35. The minimum absolute atomic E-state index is 0.121. The summed E-state index contributed by atoms with van der Waals surface area (Å²) in [4.78, 5) is 17.1. The second-order valence-electron chi connectivity index (χ2n) is 6.44. The lowest BCUT2D eigenvalue weighted by Gasteiger charge is -2.35. The van der Waals surface area contributed by atoms with Crippen molar-refractivity contribution in [2.24, 2.45) is 0 Å². The molecule has 1 amide bonds. The van der Waals surface area contributed by atoms with E-state index in [1.54, 1.807) is 0 Å². The molecule has 1 unspecified atom stereocenters. The highest BCUT2D eigenvalue weighted by Gasteiger charge is 2.32. The number of nitrogens with one attached hydrogen (secondary N) is 1. The van der Waals surface area contributed by atoms with Crippen LogP contribution < -0.4 is 5.32 Å². The molecule has 126 valence electrons. The van der Waals surface area contributed by atoms with Gasteiger partial charge < -0.3 is 10.2 Å².